The Morgan fingerprint density at radius 3 is 2.62 bits per heavy atom. The van der Waals surface area contributed by atoms with Crippen molar-refractivity contribution < 1.29 is 4.74 Å². The lowest BCUT2D eigenvalue weighted by atomic mass is 10.0. The third-order valence-electron chi connectivity index (χ3n) is 2.59. The maximum atomic E-state index is 6.11. The first kappa shape index (κ1) is 13.2. The van der Waals surface area contributed by atoms with E-state index < -0.39 is 0 Å². The number of nitrogens with two attached hydrogens (primary N) is 1. The Bertz CT molecular complexity index is 307. The van der Waals surface area contributed by atoms with Crippen LogP contribution in [-0.2, 0) is 11.3 Å². The number of rotatable bonds is 6. The number of hydrogen-bond donors (Lipinski definition) is 1. The molecular weight excluding hydrogens is 202 g/mol. The van der Waals surface area contributed by atoms with Crippen LogP contribution >= 0.6 is 0 Å². The Kier molecular flexibility index (Phi) is 4.96. The van der Waals surface area contributed by atoms with Gasteiger partial charge in [-0.1, -0.05) is 13.8 Å². The third kappa shape index (κ3) is 3.61. The lowest BCUT2D eigenvalue weighted by molar-refractivity contribution is 0.0721. The van der Waals surface area contributed by atoms with E-state index in [4.69, 9.17) is 10.5 Å². The van der Waals surface area contributed by atoms with E-state index in [0.717, 1.165) is 12.2 Å². The molecule has 1 aromatic heterocycles. The Morgan fingerprint density at radius 1 is 1.38 bits per heavy atom. The van der Waals surface area contributed by atoms with E-state index in [2.05, 4.69) is 23.4 Å². The van der Waals surface area contributed by atoms with Crippen molar-refractivity contribution in [1.82, 2.24) is 9.55 Å². The third-order valence-corrected chi connectivity index (χ3v) is 2.59. The number of imidazole rings is 1. The molecule has 0 fully saturated rings. The van der Waals surface area contributed by atoms with Crippen LogP contribution in [0.5, 0.6) is 0 Å². The molecule has 1 heterocycles. The molecule has 0 aromatic carbocycles. The van der Waals surface area contributed by atoms with Crippen molar-refractivity contribution in [3.63, 3.8) is 0 Å². The average molecular weight is 225 g/mol. The molecule has 2 N–H and O–H groups in total. The second-order valence-corrected chi connectivity index (χ2v) is 4.70. The summed E-state index contributed by atoms with van der Waals surface area (Å²) in [6.07, 6.45) is 3.94. The van der Waals surface area contributed by atoms with Gasteiger partial charge in [0.1, 0.15) is 0 Å². The average Bonchev–Trinajstić information content (AvgIpc) is 2.64. The van der Waals surface area contributed by atoms with Crippen LogP contribution in [0, 0.1) is 5.92 Å². The van der Waals surface area contributed by atoms with Gasteiger partial charge in [0, 0.05) is 18.8 Å². The van der Waals surface area contributed by atoms with Crippen molar-refractivity contribution >= 4 is 0 Å². The van der Waals surface area contributed by atoms with E-state index in [1.165, 1.54) is 0 Å². The zero-order valence-electron chi connectivity index (χ0n) is 10.7. The topological polar surface area (TPSA) is 53.1 Å². The largest absolute Gasteiger partial charge is 0.377 e. The number of aromatic nitrogens is 2. The quantitative estimate of drug-likeness (QED) is 0.805. The van der Waals surface area contributed by atoms with Gasteiger partial charge >= 0.3 is 0 Å². The summed E-state index contributed by atoms with van der Waals surface area (Å²) >= 11 is 0. The molecule has 0 aliphatic heterocycles. The van der Waals surface area contributed by atoms with Crippen LogP contribution in [0.4, 0.5) is 0 Å². The van der Waals surface area contributed by atoms with Crippen LogP contribution in [0.2, 0.25) is 0 Å². The molecule has 1 rings (SSSR count). The summed E-state index contributed by atoms with van der Waals surface area (Å²) in [5.74, 6) is 0.418. The lowest BCUT2D eigenvalue weighted by Gasteiger charge is -2.18. The van der Waals surface area contributed by atoms with Crippen LogP contribution < -0.4 is 5.73 Å². The molecule has 0 saturated heterocycles. The maximum Gasteiger partial charge on any atom is 0.0949 e. The first-order valence-electron chi connectivity index (χ1n) is 5.89. The molecule has 0 bridgehead atoms. The zero-order chi connectivity index (χ0) is 12.1. The Labute approximate surface area is 97.8 Å². The molecule has 4 heteroatoms. The summed E-state index contributed by atoms with van der Waals surface area (Å²) in [5, 5.41) is 0. The van der Waals surface area contributed by atoms with E-state index in [-0.39, 0.29) is 12.1 Å². The summed E-state index contributed by atoms with van der Waals surface area (Å²) in [6.45, 7) is 9.82. The second-order valence-electron chi connectivity index (χ2n) is 4.70. The highest BCUT2D eigenvalue weighted by Crippen LogP contribution is 2.18. The standard InChI is InChI=1S/C12H23N3O/c1-9(2)12(13)11-7-14-8-15(11)5-6-16-10(3)4/h7-10,12H,5-6,13H2,1-4H3. The fraction of sp³-hybridized carbons (Fsp3) is 0.750. The van der Waals surface area contributed by atoms with E-state index >= 15 is 0 Å². The minimum Gasteiger partial charge on any atom is -0.377 e. The Balaban J connectivity index is 2.57. The molecule has 4 nitrogen and oxygen atoms in total. The summed E-state index contributed by atoms with van der Waals surface area (Å²) in [5.41, 5.74) is 7.20. The highest BCUT2D eigenvalue weighted by atomic mass is 16.5. The van der Waals surface area contributed by atoms with Gasteiger partial charge in [-0.05, 0) is 19.8 Å². The highest BCUT2D eigenvalue weighted by molar-refractivity contribution is 5.05. The van der Waals surface area contributed by atoms with Crippen molar-refractivity contribution in [1.29, 1.82) is 0 Å². The Hall–Kier alpha value is -0.870. The molecule has 1 unspecified atom stereocenters. The van der Waals surface area contributed by atoms with Crippen LogP contribution in [-0.4, -0.2) is 22.3 Å². The minimum absolute atomic E-state index is 0.0431. The van der Waals surface area contributed by atoms with Crippen molar-refractivity contribution in [2.45, 2.75) is 46.4 Å². The van der Waals surface area contributed by atoms with Crippen molar-refractivity contribution in [3.8, 4) is 0 Å². The second kappa shape index (κ2) is 6.01. The minimum atomic E-state index is 0.0431. The van der Waals surface area contributed by atoms with Crippen molar-refractivity contribution in [2.75, 3.05) is 6.61 Å². The summed E-state index contributed by atoms with van der Waals surface area (Å²) in [6, 6.07) is 0.0431. The predicted octanol–water partition coefficient (Wildman–Crippen LogP) is 1.96. The van der Waals surface area contributed by atoms with E-state index in [1.54, 1.807) is 0 Å². The molecule has 16 heavy (non-hydrogen) atoms. The van der Waals surface area contributed by atoms with Crippen LogP contribution in [0.3, 0.4) is 0 Å². The van der Waals surface area contributed by atoms with Crippen molar-refractivity contribution in [3.05, 3.63) is 18.2 Å². The molecule has 0 saturated carbocycles. The van der Waals surface area contributed by atoms with Gasteiger partial charge in [0.25, 0.3) is 0 Å². The van der Waals surface area contributed by atoms with E-state index in [9.17, 15) is 0 Å². The zero-order valence-corrected chi connectivity index (χ0v) is 10.7. The lowest BCUT2D eigenvalue weighted by Crippen LogP contribution is -2.21. The highest BCUT2D eigenvalue weighted by Gasteiger charge is 2.14. The maximum absolute atomic E-state index is 6.11. The summed E-state index contributed by atoms with van der Waals surface area (Å²) < 4.78 is 7.60. The molecule has 0 aliphatic carbocycles. The monoisotopic (exact) mass is 225 g/mol. The summed E-state index contributed by atoms with van der Waals surface area (Å²) in [4.78, 5) is 4.15. The van der Waals surface area contributed by atoms with Gasteiger partial charge in [-0.15, -0.1) is 0 Å². The molecule has 0 radical (unpaired) electrons. The predicted molar refractivity (Wildman–Crippen MR) is 65.1 cm³/mol. The van der Waals surface area contributed by atoms with Gasteiger partial charge < -0.3 is 15.0 Å². The smallest absolute Gasteiger partial charge is 0.0949 e. The van der Waals surface area contributed by atoms with Gasteiger partial charge in [0.2, 0.25) is 0 Å². The first-order valence-corrected chi connectivity index (χ1v) is 5.89. The number of hydrogen-bond acceptors (Lipinski definition) is 3. The van der Waals surface area contributed by atoms with E-state index in [1.807, 2.05) is 26.4 Å². The molecule has 0 amide bonds. The number of ether oxygens (including phenoxy) is 1. The molecule has 0 aliphatic rings. The van der Waals surface area contributed by atoms with Gasteiger partial charge in [-0.25, -0.2) is 4.98 Å². The first-order chi connectivity index (χ1) is 7.52. The van der Waals surface area contributed by atoms with Gasteiger partial charge in [0.15, 0.2) is 0 Å². The molecule has 0 spiro atoms. The van der Waals surface area contributed by atoms with Crippen LogP contribution in [0.15, 0.2) is 12.5 Å². The van der Waals surface area contributed by atoms with Crippen LogP contribution in [0.1, 0.15) is 39.4 Å². The van der Waals surface area contributed by atoms with E-state index in [0.29, 0.717) is 12.5 Å². The molecule has 92 valence electrons. The van der Waals surface area contributed by atoms with Gasteiger partial charge in [0.05, 0.1) is 24.7 Å². The van der Waals surface area contributed by atoms with Crippen molar-refractivity contribution in [2.24, 2.45) is 11.7 Å². The normalized spacial score (nSPS) is 13.7. The van der Waals surface area contributed by atoms with Gasteiger partial charge in [-0.2, -0.15) is 0 Å². The fourth-order valence-electron chi connectivity index (χ4n) is 1.52. The van der Waals surface area contributed by atoms with Gasteiger partial charge in [-0.3, -0.25) is 0 Å². The SMILES string of the molecule is CC(C)OCCn1cncc1C(N)C(C)C. The number of nitrogens with zero attached hydrogens (tertiary/aromatic N) is 2. The summed E-state index contributed by atoms with van der Waals surface area (Å²) in [7, 11) is 0. The van der Waals surface area contributed by atoms with Crippen LogP contribution in [0.25, 0.3) is 0 Å². The fourth-order valence-corrected chi connectivity index (χ4v) is 1.52. The molecule has 1 aromatic rings. The molecule has 1 atom stereocenters. The molecular formula is C12H23N3O. The Morgan fingerprint density at radius 2 is 2.06 bits per heavy atom.